The average molecular weight is 769 g/mol. The second kappa shape index (κ2) is 39.9. The number of phosphoric ester groups is 1. The van der Waals surface area contributed by atoms with E-state index < -0.39 is 32.5 Å². The Morgan fingerprint density at radius 3 is 1.26 bits per heavy atom. The number of hydrogen-bond acceptors (Lipinski definition) is 6. The molecule has 0 bridgehead atoms. The van der Waals surface area contributed by atoms with Crippen LogP contribution in [0.3, 0.4) is 0 Å². The lowest BCUT2D eigenvalue weighted by molar-refractivity contribution is -0.161. The first kappa shape index (κ1) is 51.3. The van der Waals surface area contributed by atoms with Crippen molar-refractivity contribution in [2.75, 3.05) is 13.2 Å². The molecule has 0 fully saturated rings. The first-order valence-corrected chi connectivity index (χ1v) is 23.3. The molecule has 1 atom stereocenters. The predicted octanol–water partition coefficient (Wildman–Crippen LogP) is 13.4. The quantitative estimate of drug-likeness (QED) is 0.0274. The number of rotatable bonds is 40. The molecule has 53 heavy (non-hydrogen) atoms. The fourth-order valence-electron chi connectivity index (χ4n) is 6.10. The van der Waals surface area contributed by atoms with Gasteiger partial charge in [0.15, 0.2) is 6.10 Å². The second-order valence-electron chi connectivity index (χ2n) is 14.7. The molecule has 0 aliphatic carbocycles. The molecule has 0 heterocycles. The third-order valence-corrected chi connectivity index (χ3v) is 9.87. The van der Waals surface area contributed by atoms with E-state index in [4.69, 9.17) is 19.3 Å². The Balaban J connectivity index is 3.90. The minimum absolute atomic E-state index is 0.206. The zero-order valence-corrected chi connectivity index (χ0v) is 35.1. The molecule has 0 saturated heterocycles. The summed E-state index contributed by atoms with van der Waals surface area (Å²) in [5.41, 5.74) is 0. The van der Waals surface area contributed by atoms with Gasteiger partial charge in [0.05, 0.1) is 6.61 Å². The molecule has 310 valence electrons. The van der Waals surface area contributed by atoms with Gasteiger partial charge in [-0.15, -0.1) is 0 Å². The smallest absolute Gasteiger partial charge is 0.462 e. The van der Waals surface area contributed by atoms with E-state index in [-0.39, 0.29) is 19.4 Å². The number of esters is 2. The van der Waals surface area contributed by atoms with E-state index in [1.54, 1.807) is 0 Å². The van der Waals surface area contributed by atoms with Crippen LogP contribution >= 0.6 is 7.82 Å². The minimum Gasteiger partial charge on any atom is -0.462 e. The molecule has 0 radical (unpaired) electrons. The summed E-state index contributed by atoms with van der Waals surface area (Å²) in [7, 11) is -4.76. The average Bonchev–Trinajstić information content (AvgIpc) is 3.13. The van der Waals surface area contributed by atoms with E-state index in [1.165, 1.54) is 109 Å². The summed E-state index contributed by atoms with van der Waals surface area (Å²) in [4.78, 5) is 42.9. The molecule has 1 unspecified atom stereocenters. The lowest BCUT2D eigenvalue weighted by Crippen LogP contribution is -2.29. The molecule has 0 aromatic carbocycles. The van der Waals surface area contributed by atoms with Crippen molar-refractivity contribution in [2.45, 2.75) is 219 Å². The van der Waals surface area contributed by atoms with Crippen molar-refractivity contribution < 1.29 is 37.9 Å². The Hall–Kier alpha value is -1.73. The summed E-state index contributed by atoms with van der Waals surface area (Å²) in [6.45, 7) is 3.67. The van der Waals surface area contributed by atoms with Crippen LogP contribution in [0.4, 0.5) is 0 Å². The molecular formula is C44H81O8P. The summed E-state index contributed by atoms with van der Waals surface area (Å²) in [5, 5.41) is 0. The van der Waals surface area contributed by atoms with Crippen LogP contribution in [0, 0.1) is 0 Å². The predicted molar refractivity (Wildman–Crippen MR) is 221 cm³/mol. The van der Waals surface area contributed by atoms with Crippen molar-refractivity contribution >= 4 is 19.8 Å². The van der Waals surface area contributed by atoms with Crippen molar-refractivity contribution in [3.05, 3.63) is 36.5 Å². The number of phosphoric acid groups is 1. The topological polar surface area (TPSA) is 119 Å². The van der Waals surface area contributed by atoms with Gasteiger partial charge >= 0.3 is 19.8 Å². The molecule has 0 spiro atoms. The van der Waals surface area contributed by atoms with E-state index >= 15 is 0 Å². The Morgan fingerprint density at radius 1 is 0.491 bits per heavy atom. The lowest BCUT2D eigenvalue weighted by atomic mass is 10.1. The molecule has 0 aliphatic rings. The van der Waals surface area contributed by atoms with Crippen molar-refractivity contribution in [1.29, 1.82) is 0 Å². The zero-order chi connectivity index (χ0) is 38.9. The van der Waals surface area contributed by atoms with Crippen LogP contribution in [0.25, 0.3) is 0 Å². The van der Waals surface area contributed by atoms with Crippen molar-refractivity contribution in [3.63, 3.8) is 0 Å². The van der Waals surface area contributed by atoms with Gasteiger partial charge in [0.25, 0.3) is 0 Å². The second-order valence-corrected chi connectivity index (χ2v) is 15.9. The van der Waals surface area contributed by atoms with Crippen molar-refractivity contribution in [1.82, 2.24) is 0 Å². The molecular weight excluding hydrogens is 687 g/mol. The highest BCUT2D eigenvalue weighted by Gasteiger charge is 2.22. The first-order chi connectivity index (χ1) is 25.8. The van der Waals surface area contributed by atoms with E-state index in [1.807, 2.05) is 0 Å². The molecule has 0 rings (SSSR count). The number of carbonyl (C=O) groups is 2. The zero-order valence-electron chi connectivity index (χ0n) is 34.2. The van der Waals surface area contributed by atoms with Crippen molar-refractivity contribution in [3.8, 4) is 0 Å². The largest absolute Gasteiger partial charge is 0.469 e. The van der Waals surface area contributed by atoms with Gasteiger partial charge in [-0.2, -0.15) is 0 Å². The van der Waals surface area contributed by atoms with Gasteiger partial charge in [-0.1, -0.05) is 166 Å². The maximum Gasteiger partial charge on any atom is 0.469 e. The van der Waals surface area contributed by atoms with Crippen LogP contribution in [0.15, 0.2) is 36.5 Å². The van der Waals surface area contributed by atoms with E-state index in [0.29, 0.717) is 12.8 Å². The minimum atomic E-state index is -4.76. The first-order valence-electron chi connectivity index (χ1n) is 21.8. The highest BCUT2D eigenvalue weighted by Crippen LogP contribution is 2.36. The molecule has 0 aromatic heterocycles. The van der Waals surface area contributed by atoms with Crippen LogP contribution in [-0.4, -0.2) is 41.0 Å². The third kappa shape index (κ3) is 42.9. The number of hydrogen-bond donors (Lipinski definition) is 2. The number of ether oxygens (including phenoxy) is 2. The van der Waals surface area contributed by atoms with Gasteiger partial charge in [-0.3, -0.25) is 14.1 Å². The van der Waals surface area contributed by atoms with Gasteiger partial charge in [-0.05, 0) is 70.6 Å². The summed E-state index contributed by atoms with van der Waals surface area (Å²) >= 11 is 0. The van der Waals surface area contributed by atoms with Crippen molar-refractivity contribution in [2.24, 2.45) is 0 Å². The molecule has 8 nitrogen and oxygen atoms in total. The summed E-state index contributed by atoms with van der Waals surface area (Å²) in [6, 6.07) is 0. The fourth-order valence-corrected chi connectivity index (χ4v) is 6.46. The third-order valence-electron chi connectivity index (χ3n) is 9.38. The Bertz CT molecular complexity index is 957. The standard InChI is InChI=1S/C44H81O8P/c1-3-5-7-9-11-13-15-17-19-20-21-22-23-24-25-27-29-31-33-35-37-39-44(46)52-42(41-51-53(47,48)49)40-50-43(45)38-36-34-32-30-28-26-18-16-14-12-10-8-6-4-2/h15-18,20-21,42H,3-14,19,22-41H2,1-2H3,(H2,47,48,49)/b17-15-,18-16-,21-20-. The molecule has 0 aromatic rings. The summed E-state index contributed by atoms with van der Waals surface area (Å²) in [6.07, 6.45) is 47.2. The fraction of sp³-hybridized carbons (Fsp3) is 0.818. The SMILES string of the molecule is CCCCCCC/C=C\C/C=C\CCCCCCCCCCCC(=O)OC(COC(=O)CCCCCCC/C=C\CCCCCCC)COP(=O)(O)O. The van der Waals surface area contributed by atoms with Gasteiger partial charge in [-0.25, -0.2) is 4.57 Å². The lowest BCUT2D eigenvalue weighted by Gasteiger charge is -2.18. The van der Waals surface area contributed by atoms with E-state index in [0.717, 1.165) is 64.2 Å². The van der Waals surface area contributed by atoms with E-state index in [2.05, 4.69) is 54.8 Å². The maximum atomic E-state index is 12.4. The van der Waals surface area contributed by atoms with Gasteiger partial charge in [0.2, 0.25) is 0 Å². The Labute approximate surface area is 325 Å². The summed E-state index contributed by atoms with van der Waals surface area (Å²) < 4.78 is 26.4. The number of unbranched alkanes of at least 4 members (excludes halogenated alkanes) is 24. The van der Waals surface area contributed by atoms with Gasteiger partial charge in [0.1, 0.15) is 6.61 Å². The van der Waals surface area contributed by atoms with Crippen LogP contribution in [0.1, 0.15) is 213 Å². The molecule has 2 N–H and O–H groups in total. The Morgan fingerprint density at radius 2 is 0.849 bits per heavy atom. The van der Waals surface area contributed by atoms with Crippen LogP contribution < -0.4 is 0 Å². The maximum absolute atomic E-state index is 12.4. The molecule has 9 heteroatoms. The van der Waals surface area contributed by atoms with Crippen LogP contribution in [0.5, 0.6) is 0 Å². The highest BCUT2D eigenvalue weighted by atomic mass is 31.2. The number of carbonyl (C=O) groups excluding carboxylic acids is 2. The Kier molecular flexibility index (Phi) is 38.6. The van der Waals surface area contributed by atoms with Crippen LogP contribution in [0.2, 0.25) is 0 Å². The van der Waals surface area contributed by atoms with Crippen LogP contribution in [-0.2, 0) is 28.2 Å². The normalized spacial score (nSPS) is 12.8. The molecule has 0 saturated carbocycles. The van der Waals surface area contributed by atoms with E-state index in [9.17, 15) is 14.2 Å². The molecule has 0 aliphatic heterocycles. The highest BCUT2D eigenvalue weighted by molar-refractivity contribution is 7.46. The van der Waals surface area contributed by atoms with Gasteiger partial charge in [0, 0.05) is 12.8 Å². The summed E-state index contributed by atoms with van der Waals surface area (Å²) in [5.74, 6) is -0.895. The monoisotopic (exact) mass is 769 g/mol. The van der Waals surface area contributed by atoms with Gasteiger partial charge < -0.3 is 19.3 Å². The molecule has 0 amide bonds. The number of allylic oxidation sites excluding steroid dienone is 6.